The summed E-state index contributed by atoms with van der Waals surface area (Å²) in [7, 11) is 1.66. The van der Waals surface area contributed by atoms with Crippen LogP contribution >= 0.6 is 0 Å². The van der Waals surface area contributed by atoms with Gasteiger partial charge in [-0.25, -0.2) is 4.39 Å². The standard InChI is InChI=1S/C13H19FN2O2/c1-18-7-3-2-6-16-9-11-8-10(13(15)17)4-5-12(11)14/h4-5,8,16H,2-3,6-7,9H2,1H3,(H2,15,17). The maximum Gasteiger partial charge on any atom is 0.248 e. The van der Waals surface area contributed by atoms with E-state index in [4.69, 9.17) is 10.5 Å². The van der Waals surface area contributed by atoms with Crippen LogP contribution in [0.15, 0.2) is 18.2 Å². The summed E-state index contributed by atoms with van der Waals surface area (Å²) in [6, 6.07) is 4.14. The van der Waals surface area contributed by atoms with Crippen molar-refractivity contribution in [2.24, 2.45) is 5.73 Å². The zero-order chi connectivity index (χ0) is 13.4. The number of hydrogen-bond acceptors (Lipinski definition) is 3. The summed E-state index contributed by atoms with van der Waals surface area (Å²) in [5.74, 6) is -0.874. The Labute approximate surface area is 106 Å². The molecule has 0 aliphatic rings. The van der Waals surface area contributed by atoms with Crippen molar-refractivity contribution in [1.29, 1.82) is 0 Å². The highest BCUT2D eigenvalue weighted by atomic mass is 19.1. The van der Waals surface area contributed by atoms with Gasteiger partial charge in [-0.1, -0.05) is 0 Å². The average Bonchev–Trinajstić information content (AvgIpc) is 2.35. The second kappa shape index (κ2) is 7.79. The first-order valence-electron chi connectivity index (χ1n) is 5.93. The van der Waals surface area contributed by atoms with Gasteiger partial charge in [0.05, 0.1) is 0 Å². The summed E-state index contributed by atoms with van der Waals surface area (Å²) in [4.78, 5) is 11.0. The topological polar surface area (TPSA) is 64.3 Å². The van der Waals surface area contributed by atoms with E-state index in [0.29, 0.717) is 17.7 Å². The van der Waals surface area contributed by atoms with Crippen LogP contribution in [0.3, 0.4) is 0 Å². The predicted octanol–water partition coefficient (Wildman–Crippen LogP) is 1.44. The highest BCUT2D eigenvalue weighted by molar-refractivity contribution is 5.92. The Balaban J connectivity index is 2.41. The quantitative estimate of drug-likeness (QED) is 0.690. The van der Waals surface area contributed by atoms with Crippen molar-refractivity contribution in [3.63, 3.8) is 0 Å². The van der Waals surface area contributed by atoms with E-state index in [9.17, 15) is 9.18 Å². The number of ether oxygens (including phenoxy) is 1. The molecule has 0 spiro atoms. The van der Waals surface area contributed by atoms with Crippen molar-refractivity contribution >= 4 is 5.91 Å². The van der Waals surface area contributed by atoms with Gasteiger partial charge in [-0.3, -0.25) is 4.79 Å². The second-order valence-corrected chi connectivity index (χ2v) is 4.05. The minimum atomic E-state index is -0.545. The molecule has 0 heterocycles. The smallest absolute Gasteiger partial charge is 0.248 e. The minimum absolute atomic E-state index is 0.326. The van der Waals surface area contributed by atoms with Gasteiger partial charge in [0.1, 0.15) is 5.82 Å². The van der Waals surface area contributed by atoms with Crippen LogP contribution in [0.5, 0.6) is 0 Å². The Hall–Kier alpha value is -1.46. The summed E-state index contributed by atoms with van der Waals surface area (Å²) in [6.07, 6.45) is 1.93. The number of methoxy groups -OCH3 is 1. The number of carbonyl (C=O) groups excluding carboxylic acids is 1. The molecular weight excluding hydrogens is 235 g/mol. The van der Waals surface area contributed by atoms with Gasteiger partial charge in [-0.15, -0.1) is 0 Å². The summed E-state index contributed by atoms with van der Waals surface area (Å²) in [6.45, 7) is 1.90. The van der Waals surface area contributed by atoms with Crippen LogP contribution in [0.1, 0.15) is 28.8 Å². The molecule has 0 bridgehead atoms. The fourth-order valence-corrected chi connectivity index (χ4v) is 1.58. The Morgan fingerprint density at radius 3 is 2.89 bits per heavy atom. The van der Waals surface area contributed by atoms with Gasteiger partial charge in [0, 0.05) is 31.4 Å². The van der Waals surface area contributed by atoms with E-state index >= 15 is 0 Å². The molecule has 1 aromatic rings. The third kappa shape index (κ3) is 4.81. The first-order chi connectivity index (χ1) is 8.65. The molecule has 0 atom stereocenters. The highest BCUT2D eigenvalue weighted by Gasteiger charge is 2.06. The number of amides is 1. The van der Waals surface area contributed by atoms with E-state index in [1.165, 1.54) is 18.2 Å². The Morgan fingerprint density at radius 1 is 1.44 bits per heavy atom. The molecule has 1 amide bonds. The van der Waals surface area contributed by atoms with Gasteiger partial charge in [0.25, 0.3) is 0 Å². The molecule has 0 saturated heterocycles. The number of carbonyl (C=O) groups is 1. The molecular formula is C13H19FN2O2. The SMILES string of the molecule is COCCCCNCc1cc(C(N)=O)ccc1F. The number of rotatable bonds is 8. The van der Waals surface area contributed by atoms with Crippen LogP contribution in [-0.4, -0.2) is 26.2 Å². The van der Waals surface area contributed by atoms with Gasteiger partial charge in [0.2, 0.25) is 5.91 Å². The van der Waals surface area contributed by atoms with E-state index in [1.54, 1.807) is 7.11 Å². The molecule has 5 heteroatoms. The number of benzene rings is 1. The third-order valence-electron chi connectivity index (χ3n) is 2.60. The van der Waals surface area contributed by atoms with E-state index in [1.807, 2.05) is 0 Å². The summed E-state index contributed by atoms with van der Waals surface area (Å²) >= 11 is 0. The van der Waals surface area contributed by atoms with Gasteiger partial charge in [-0.2, -0.15) is 0 Å². The van der Waals surface area contributed by atoms with Crippen LogP contribution in [0.4, 0.5) is 4.39 Å². The van der Waals surface area contributed by atoms with Crippen LogP contribution in [0, 0.1) is 5.82 Å². The van der Waals surface area contributed by atoms with Gasteiger partial charge >= 0.3 is 0 Å². The zero-order valence-electron chi connectivity index (χ0n) is 10.5. The monoisotopic (exact) mass is 254 g/mol. The molecule has 100 valence electrons. The first-order valence-corrected chi connectivity index (χ1v) is 5.93. The Bertz CT molecular complexity index is 397. The second-order valence-electron chi connectivity index (χ2n) is 4.05. The molecule has 0 saturated carbocycles. The van der Waals surface area contributed by atoms with Crippen molar-refractivity contribution in [2.75, 3.05) is 20.3 Å². The Morgan fingerprint density at radius 2 is 2.22 bits per heavy atom. The van der Waals surface area contributed by atoms with Gasteiger partial charge in [0.15, 0.2) is 0 Å². The van der Waals surface area contributed by atoms with E-state index in [0.717, 1.165) is 26.0 Å². The normalized spacial score (nSPS) is 10.6. The van der Waals surface area contributed by atoms with Crippen LogP contribution < -0.4 is 11.1 Å². The lowest BCUT2D eigenvalue weighted by molar-refractivity contribution is 0.1000. The fourth-order valence-electron chi connectivity index (χ4n) is 1.58. The predicted molar refractivity (Wildman–Crippen MR) is 67.7 cm³/mol. The summed E-state index contributed by atoms with van der Waals surface area (Å²) in [5, 5.41) is 3.12. The summed E-state index contributed by atoms with van der Waals surface area (Å²) in [5.41, 5.74) is 5.93. The molecule has 0 fully saturated rings. The maximum absolute atomic E-state index is 13.5. The van der Waals surface area contributed by atoms with E-state index in [-0.39, 0.29) is 5.82 Å². The van der Waals surface area contributed by atoms with Crippen molar-refractivity contribution in [1.82, 2.24) is 5.32 Å². The van der Waals surface area contributed by atoms with Crippen molar-refractivity contribution < 1.29 is 13.9 Å². The van der Waals surface area contributed by atoms with E-state index in [2.05, 4.69) is 5.32 Å². The Kier molecular flexibility index (Phi) is 6.32. The number of nitrogens with two attached hydrogens (primary N) is 1. The molecule has 1 rings (SSSR count). The summed E-state index contributed by atoms with van der Waals surface area (Å²) < 4.78 is 18.4. The fraction of sp³-hybridized carbons (Fsp3) is 0.462. The molecule has 0 unspecified atom stereocenters. The van der Waals surface area contributed by atoms with Crippen molar-refractivity contribution in [3.05, 3.63) is 35.1 Å². The number of hydrogen-bond donors (Lipinski definition) is 2. The van der Waals surface area contributed by atoms with Crippen molar-refractivity contribution in [2.45, 2.75) is 19.4 Å². The largest absolute Gasteiger partial charge is 0.385 e. The maximum atomic E-state index is 13.5. The van der Waals surface area contributed by atoms with Crippen LogP contribution in [-0.2, 0) is 11.3 Å². The molecule has 0 radical (unpaired) electrons. The molecule has 0 aliphatic heterocycles. The molecule has 1 aromatic carbocycles. The lowest BCUT2D eigenvalue weighted by Crippen LogP contribution is -2.17. The van der Waals surface area contributed by atoms with Crippen LogP contribution in [0.25, 0.3) is 0 Å². The third-order valence-corrected chi connectivity index (χ3v) is 2.60. The minimum Gasteiger partial charge on any atom is -0.385 e. The molecule has 3 N–H and O–H groups in total. The number of nitrogens with one attached hydrogen (secondary N) is 1. The van der Waals surface area contributed by atoms with Crippen molar-refractivity contribution in [3.8, 4) is 0 Å². The number of unbranched alkanes of at least 4 members (excludes halogenated alkanes) is 1. The highest BCUT2D eigenvalue weighted by Crippen LogP contribution is 2.10. The molecule has 0 aliphatic carbocycles. The van der Waals surface area contributed by atoms with Gasteiger partial charge < -0.3 is 15.8 Å². The molecule has 4 nitrogen and oxygen atoms in total. The lowest BCUT2D eigenvalue weighted by Gasteiger charge is -2.07. The number of halogens is 1. The zero-order valence-corrected chi connectivity index (χ0v) is 10.5. The number of primary amides is 1. The van der Waals surface area contributed by atoms with Crippen LogP contribution in [0.2, 0.25) is 0 Å². The van der Waals surface area contributed by atoms with Gasteiger partial charge in [-0.05, 0) is 37.6 Å². The lowest BCUT2D eigenvalue weighted by atomic mass is 10.1. The van der Waals surface area contributed by atoms with E-state index < -0.39 is 5.91 Å². The average molecular weight is 254 g/mol. The first kappa shape index (κ1) is 14.6. The molecule has 0 aromatic heterocycles. The molecule has 18 heavy (non-hydrogen) atoms.